The lowest BCUT2D eigenvalue weighted by Crippen LogP contribution is -2.40. The first kappa shape index (κ1) is 17.6. The fraction of sp³-hybridized carbons (Fsp3) is 0.308. The molecule has 6 nitrogen and oxygen atoms in total. The van der Waals surface area contributed by atoms with Gasteiger partial charge in [-0.15, -0.1) is 0 Å². The van der Waals surface area contributed by atoms with Crippen molar-refractivity contribution in [3.63, 3.8) is 0 Å². The summed E-state index contributed by atoms with van der Waals surface area (Å²) in [5.74, 6) is -1.73. The van der Waals surface area contributed by atoms with Crippen LogP contribution >= 0.6 is 31.9 Å². The van der Waals surface area contributed by atoms with E-state index in [-0.39, 0.29) is 13.1 Å². The summed E-state index contributed by atoms with van der Waals surface area (Å²) in [5.41, 5.74) is 0.323. The Labute approximate surface area is 138 Å². The van der Waals surface area contributed by atoms with Crippen LogP contribution in [0.1, 0.15) is 10.4 Å². The van der Waals surface area contributed by atoms with Gasteiger partial charge in [0.1, 0.15) is 13.1 Å². The minimum absolute atomic E-state index is 0.323. The molecule has 0 aliphatic carbocycles. The number of amides is 1. The number of benzene rings is 1. The summed E-state index contributed by atoms with van der Waals surface area (Å²) >= 11 is 6.55. The van der Waals surface area contributed by atoms with Gasteiger partial charge in [-0.05, 0) is 18.2 Å². The predicted octanol–water partition coefficient (Wildman–Crippen LogP) is 2.00. The molecule has 0 atom stereocenters. The van der Waals surface area contributed by atoms with Gasteiger partial charge in [-0.2, -0.15) is 0 Å². The molecular formula is C13H13Br2NO5. The lowest BCUT2D eigenvalue weighted by molar-refractivity contribution is -0.144. The molecule has 0 saturated carbocycles. The van der Waals surface area contributed by atoms with Crippen molar-refractivity contribution in [3.8, 4) is 0 Å². The lowest BCUT2D eigenvalue weighted by Gasteiger charge is -2.20. The molecule has 114 valence electrons. The molecule has 1 aromatic rings. The highest BCUT2D eigenvalue weighted by Gasteiger charge is 2.22. The van der Waals surface area contributed by atoms with Gasteiger partial charge in [0.2, 0.25) is 0 Å². The largest absolute Gasteiger partial charge is 0.468 e. The van der Waals surface area contributed by atoms with E-state index in [4.69, 9.17) is 0 Å². The summed E-state index contributed by atoms with van der Waals surface area (Å²) in [4.78, 5) is 36.2. The monoisotopic (exact) mass is 421 g/mol. The zero-order valence-corrected chi connectivity index (χ0v) is 14.6. The molecule has 8 heteroatoms. The number of ether oxygens (including phenoxy) is 2. The Morgan fingerprint density at radius 3 is 1.76 bits per heavy atom. The quantitative estimate of drug-likeness (QED) is 0.678. The van der Waals surface area contributed by atoms with E-state index in [2.05, 4.69) is 41.3 Å². The number of methoxy groups -OCH3 is 2. The molecule has 0 heterocycles. The van der Waals surface area contributed by atoms with Gasteiger partial charge in [-0.25, -0.2) is 0 Å². The number of carbonyl (C=O) groups is 3. The highest BCUT2D eigenvalue weighted by Crippen LogP contribution is 2.21. The van der Waals surface area contributed by atoms with Gasteiger partial charge in [-0.3, -0.25) is 14.4 Å². The second kappa shape index (κ2) is 8.14. The zero-order chi connectivity index (χ0) is 16.0. The summed E-state index contributed by atoms with van der Waals surface area (Å²) in [6.45, 7) is -0.677. The molecule has 21 heavy (non-hydrogen) atoms. The van der Waals surface area contributed by atoms with Gasteiger partial charge in [0.25, 0.3) is 5.91 Å². The molecule has 0 bridgehead atoms. The van der Waals surface area contributed by atoms with Crippen molar-refractivity contribution >= 4 is 49.7 Å². The smallest absolute Gasteiger partial charge is 0.325 e. The summed E-state index contributed by atoms with van der Waals surface area (Å²) in [7, 11) is 2.41. The molecule has 0 aliphatic rings. The van der Waals surface area contributed by atoms with Crippen molar-refractivity contribution < 1.29 is 23.9 Å². The molecule has 0 N–H and O–H groups in total. The fourth-order valence-corrected chi connectivity index (χ4v) is 2.79. The number of nitrogens with zero attached hydrogens (tertiary/aromatic N) is 1. The number of hydrogen-bond acceptors (Lipinski definition) is 5. The average molecular weight is 423 g/mol. The van der Waals surface area contributed by atoms with E-state index >= 15 is 0 Å². The molecule has 0 spiro atoms. The lowest BCUT2D eigenvalue weighted by atomic mass is 10.2. The molecule has 0 unspecified atom stereocenters. The number of rotatable bonds is 5. The number of carbonyl (C=O) groups excluding carboxylic acids is 3. The number of esters is 2. The van der Waals surface area contributed by atoms with Crippen molar-refractivity contribution in [2.24, 2.45) is 0 Å². The van der Waals surface area contributed by atoms with E-state index in [1.54, 1.807) is 18.2 Å². The van der Waals surface area contributed by atoms with E-state index in [1.807, 2.05) is 0 Å². The molecular weight excluding hydrogens is 410 g/mol. The first-order valence-corrected chi connectivity index (χ1v) is 7.35. The van der Waals surface area contributed by atoms with Gasteiger partial charge in [0, 0.05) is 14.5 Å². The Morgan fingerprint density at radius 1 is 0.952 bits per heavy atom. The summed E-state index contributed by atoms with van der Waals surface area (Å²) in [6.07, 6.45) is 0. The van der Waals surface area contributed by atoms with Crippen molar-refractivity contribution in [2.75, 3.05) is 27.3 Å². The first-order valence-electron chi connectivity index (χ1n) is 5.76. The Balaban J connectivity index is 3.02. The molecule has 0 saturated heterocycles. The van der Waals surface area contributed by atoms with Gasteiger partial charge in [-0.1, -0.05) is 31.9 Å². The Morgan fingerprint density at radius 2 is 1.38 bits per heavy atom. The van der Waals surface area contributed by atoms with E-state index in [1.165, 1.54) is 14.2 Å². The van der Waals surface area contributed by atoms with Crippen LogP contribution in [0.4, 0.5) is 0 Å². The normalized spacial score (nSPS) is 9.90. The van der Waals surface area contributed by atoms with Crippen LogP contribution in [0.5, 0.6) is 0 Å². The third kappa shape index (κ3) is 5.47. The van der Waals surface area contributed by atoms with Crippen LogP contribution in [0, 0.1) is 0 Å². The second-order valence-corrected chi connectivity index (χ2v) is 5.80. The predicted molar refractivity (Wildman–Crippen MR) is 81.8 cm³/mol. The van der Waals surface area contributed by atoms with Gasteiger partial charge in [0.05, 0.1) is 14.2 Å². The van der Waals surface area contributed by atoms with Crippen molar-refractivity contribution in [1.29, 1.82) is 0 Å². The van der Waals surface area contributed by atoms with E-state index < -0.39 is 17.8 Å². The van der Waals surface area contributed by atoms with Crippen LogP contribution in [0.15, 0.2) is 27.1 Å². The maximum atomic E-state index is 12.4. The van der Waals surface area contributed by atoms with Gasteiger partial charge in [0.15, 0.2) is 0 Å². The van der Waals surface area contributed by atoms with Crippen LogP contribution in [0.2, 0.25) is 0 Å². The molecule has 0 aromatic heterocycles. The number of hydrogen-bond donors (Lipinski definition) is 0. The molecule has 1 amide bonds. The topological polar surface area (TPSA) is 72.9 Å². The maximum Gasteiger partial charge on any atom is 0.325 e. The molecule has 0 aliphatic heterocycles. The SMILES string of the molecule is COC(=O)CN(CC(=O)OC)C(=O)c1cc(Br)cc(Br)c1. The Hall–Kier alpha value is -1.41. The highest BCUT2D eigenvalue weighted by atomic mass is 79.9. The fourth-order valence-electron chi connectivity index (χ4n) is 1.50. The van der Waals surface area contributed by atoms with Gasteiger partial charge >= 0.3 is 11.9 Å². The standard InChI is InChI=1S/C13H13Br2NO5/c1-20-11(17)6-16(7-12(18)21-2)13(19)8-3-9(14)5-10(15)4-8/h3-5H,6-7H2,1-2H3. The van der Waals surface area contributed by atoms with Crippen LogP contribution in [0.3, 0.4) is 0 Å². The van der Waals surface area contributed by atoms with Crippen molar-refractivity contribution in [3.05, 3.63) is 32.7 Å². The third-order valence-electron chi connectivity index (χ3n) is 2.49. The zero-order valence-electron chi connectivity index (χ0n) is 11.4. The van der Waals surface area contributed by atoms with Crippen LogP contribution in [0.25, 0.3) is 0 Å². The Kier molecular flexibility index (Phi) is 6.83. The third-order valence-corrected chi connectivity index (χ3v) is 3.41. The Bertz CT molecular complexity index is 523. The minimum Gasteiger partial charge on any atom is -0.468 e. The highest BCUT2D eigenvalue weighted by molar-refractivity contribution is 9.11. The number of halogens is 2. The van der Waals surface area contributed by atoms with Gasteiger partial charge < -0.3 is 14.4 Å². The minimum atomic E-state index is -0.624. The summed E-state index contributed by atoms with van der Waals surface area (Å²) in [6, 6.07) is 4.95. The maximum absolute atomic E-state index is 12.4. The van der Waals surface area contributed by atoms with Crippen LogP contribution < -0.4 is 0 Å². The molecule has 1 rings (SSSR count). The summed E-state index contributed by atoms with van der Waals surface area (Å²) < 4.78 is 10.4. The van der Waals surface area contributed by atoms with Crippen molar-refractivity contribution in [1.82, 2.24) is 4.90 Å². The summed E-state index contributed by atoms with van der Waals surface area (Å²) in [5, 5.41) is 0. The molecule has 0 fully saturated rings. The first-order chi connectivity index (χ1) is 9.87. The van der Waals surface area contributed by atoms with Crippen LogP contribution in [-0.4, -0.2) is 50.1 Å². The van der Waals surface area contributed by atoms with Crippen LogP contribution in [-0.2, 0) is 19.1 Å². The molecule has 0 radical (unpaired) electrons. The molecule has 1 aromatic carbocycles. The van der Waals surface area contributed by atoms with Crippen molar-refractivity contribution in [2.45, 2.75) is 0 Å². The van der Waals surface area contributed by atoms with E-state index in [9.17, 15) is 14.4 Å². The second-order valence-electron chi connectivity index (χ2n) is 3.97. The van der Waals surface area contributed by atoms with E-state index in [0.717, 1.165) is 4.90 Å². The average Bonchev–Trinajstić information content (AvgIpc) is 2.44. The van der Waals surface area contributed by atoms with E-state index in [0.29, 0.717) is 14.5 Å².